The summed E-state index contributed by atoms with van der Waals surface area (Å²) >= 11 is 0. The molecule has 0 heterocycles. The first kappa shape index (κ1) is 31.0. The Morgan fingerprint density at radius 3 is 1.93 bits per heavy atom. The lowest BCUT2D eigenvalue weighted by atomic mass is 9.64. The Balaban J connectivity index is 1.69. The second-order valence-corrected chi connectivity index (χ2v) is 15.9. The van der Waals surface area contributed by atoms with E-state index >= 15 is 0 Å². The van der Waals surface area contributed by atoms with E-state index in [0.29, 0.717) is 17.8 Å². The second-order valence-electron chi connectivity index (χ2n) is 15.9. The van der Waals surface area contributed by atoms with Gasteiger partial charge in [0.25, 0.3) is 0 Å². The molecule has 0 aromatic heterocycles. The summed E-state index contributed by atoms with van der Waals surface area (Å²) in [6.07, 6.45) is 38.1. The fourth-order valence-corrected chi connectivity index (χ4v) is 9.41. The Hall–Kier alpha value is -3.64. The zero-order chi connectivity index (χ0) is 32.2. The molecule has 236 valence electrons. The molecular weight excluding hydrogens is 553 g/mol. The van der Waals surface area contributed by atoms with Gasteiger partial charge in [0.2, 0.25) is 0 Å². The van der Waals surface area contributed by atoms with Gasteiger partial charge in [-0.1, -0.05) is 171 Å². The van der Waals surface area contributed by atoms with Crippen LogP contribution >= 0.6 is 0 Å². The van der Waals surface area contributed by atoms with E-state index in [9.17, 15) is 0 Å². The van der Waals surface area contributed by atoms with Crippen molar-refractivity contribution in [2.45, 2.75) is 103 Å². The molecule has 0 heteroatoms. The van der Waals surface area contributed by atoms with Gasteiger partial charge in [-0.25, -0.2) is 0 Å². The number of benzene rings is 2. The number of fused-ring (bicyclic) bond motifs is 2. The van der Waals surface area contributed by atoms with E-state index in [-0.39, 0.29) is 22.7 Å². The minimum absolute atomic E-state index is 0.0306. The maximum atomic E-state index is 2.65. The molecule has 0 bridgehead atoms. The van der Waals surface area contributed by atoms with Gasteiger partial charge in [0.05, 0.1) is 0 Å². The summed E-state index contributed by atoms with van der Waals surface area (Å²) in [5.74, 6) is 1.72. The van der Waals surface area contributed by atoms with Crippen LogP contribution in [0.15, 0.2) is 109 Å². The fraction of sp³-hybridized carbons (Fsp3) is 0.391. The molecule has 7 rings (SSSR count). The van der Waals surface area contributed by atoms with Crippen LogP contribution in [-0.2, 0) is 17.3 Å². The Morgan fingerprint density at radius 2 is 1.35 bits per heavy atom. The minimum atomic E-state index is -0.0807. The third-order valence-electron chi connectivity index (χ3n) is 11.1. The quantitative estimate of drug-likeness (QED) is 0.267. The largest absolute Gasteiger partial charge is 0.0732 e. The number of rotatable bonds is 9. The molecule has 0 nitrogen and oxygen atoms in total. The predicted molar refractivity (Wildman–Crippen MR) is 200 cm³/mol. The van der Waals surface area contributed by atoms with Gasteiger partial charge in [0.1, 0.15) is 0 Å². The first-order chi connectivity index (χ1) is 22.1. The normalized spacial score (nSPS) is 23.4. The van der Waals surface area contributed by atoms with E-state index in [2.05, 4.69) is 158 Å². The molecule has 0 N–H and O–H groups in total. The molecule has 2 unspecified atom stereocenters. The monoisotopic (exact) mass is 604 g/mol. The predicted octanol–water partition coefficient (Wildman–Crippen LogP) is 12.4. The van der Waals surface area contributed by atoms with Gasteiger partial charge in [0.15, 0.2) is 0 Å². The molecular formula is C46H52. The molecule has 0 saturated carbocycles. The van der Waals surface area contributed by atoms with Crippen LogP contribution in [0.4, 0.5) is 0 Å². The van der Waals surface area contributed by atoms with Gasteiger partial charge in [-0.05, 0) is 79.8 Å². The van der Waals surface area contributed by atoms with Gasteiger partial charge >= 0.3 is 0 Å². The Morgan fingerprint density at radius 1 is 0.761 bits per heavy atom. The molecule has 46 heavy (non-hydrogen) atoms. The van der Waals surface area contributed by atoms with E-state index < -0.39 is 0 Å². The van der Waals surface area contributed by atoms with Crippen LogP contribution in [0.5, 0.6) is 0 Å². The van der Waals surface area contributed by atoms with Gasteiger partial charge in [-0.15, -0.1) is 0 Å². The van der Waals surface area contributed by atoms with Crippen molar-refractivity contribution in [1.29, 1.82) is 0 Å². The molecule has 0 aliphatic heterocycles. The number of hydrogen-bond donors (Lipinski definition) is 0. The molecule has 0 radical (unpaired) electrons. The molecule has 2 atom stereocenters. The Labute approximate surface area is 278 Å². The number of hydrogen-bond acceptors (Lipinski definition) is 0. The van der Waals surface area contributed by atoms with Crippen LogP contribution in [0.25, 0.3) is 11.6 Å². The van der Waals surface area contributed by atoms with E-state index in [1.165, 1.54) is 30.4 Å². The molecule has 0 spiro atoms. The summed E-state index contributed by atoms with van der Waals surface area (Å²) in [7, 11) is 0. The number of unbranched alkanes of at least 4 members (excludes halogenated alkanes) is 1. The maximum absolute atomic E-state index is 2.65. The van der Waals surface area contributed by atoms with Crippen molar-refractivity contribution in [2.24, 2.45) is 11.8 Å². The van der Waals surface area contributed by atoms with Crippen LogP contribution in [0.1, 0.15) is 130 Å². The summed E-state index contributed by atoms with van der Waals surface area (Å²) in [6, 6.07) is 9.15. The van der Waals surface area contributed by atoms with Crippen molar-refractivity contribution in [3.8, 4) is 0 Å². The third-order valence-corrected chi connectivity index (χ3v) is 11.1. The molecule has 2 aromatic carbocycles. The van der Waals surface area contributed by atoms with Crippen LogP contribution < -0.4 is 0 Å². The van der Waals surface area contributed by atoms with Crippen LogP contribution in [0.2, 0.25) is 0 Å². The highest BCUT2D eigenvalue weighted by Crippen LogP contribution is 2.63. The molecule has 5 aliphatic rings. The number of allylic oxidation sites excluding steroid dienone is 15. The SMILES string of the molecule is CCCCC1(C)C(C2C=Cc3ccccc32)=C(C2C=CC=C2)c2c(C(C)(C)C)c(C3C=CC=C3)c(CC(C)C)c(C3C=CC=C3)c21. The summed E-state index contributed by atoms with van der Waals surface area (Å²) in [6.45, 7) is 17.3. The molecule has 0 saturated heterocycles. The maximum Gasteiger partial charge on any atom is 0.0252 e. The zero-order valence-corrected chi connectivity index (χ0v) is 29.1. The lowest BCUT2D eigenvalue weighted by Crippen LogP contribution is -2.30. The zero-order valence-electron chi connectivity index (χ0n) is 29.1. The standard InChI is InChI=1S/C46H52/c1-8-9-28-46(7)42(36-27-26-31-18-16-17-25-35(31)36)40(34-23-14-15-24-34)41-43(45(4,5)6)38(32-19-10-11-20-32)37(29-30(2)3)39(44(41)46)33-21-12-13-22-33/h10-27,30,32-34,36H,8-9,28-29H2,1-7H3. The topological polar surface area (TPSA) is 0 Å². The first-order valence-corrected chi connectivity index (χ1v) is 18.0. The van der Waals surface area contributed by atoms with E-state index in [1.807, 2.05) is 0 Å². The fourth-order valence-electron chi connectivity index (χ4n) is 9.41. The lowest BCUT2D eigenvalue weighted by molar-refractivity contribution is 0.469. The summed E-state index contributed by atoms with van der Waals surface area (Å²) in [5, 5.41) is 0. The molecule has 5 aliphatic carbocycles. The van der Waals surface area contributed by atoms with Gasteiger partial charge in [-0.3, -0.25) is 0 Å². The average Bonchev–Trinajstić information content (AvgIpc) is 3.86. The van der Waals surface area contributed by atoms with E-state index in [1.54, 1.807) is 44.5 Å². The average molecular weight is 605 g/mol. The second kappa shape index (κ2) is 11.9. The minimum Gasteiger partial charge on any atom is -0.0732 e. The van der Waals surface area contributed by atoms with Gasteiger partial charge in [0, 0.05) is 29.1 Å². The molecule has 0 amide bonds. The van der Waals surface area contributed by atoms with E-state index in [0.717, 1.165) is 6.42 Å². The first-order valence-electron chi connectivity index (χ1n) is 18.0. The third kappa shape index (κ3) is 4.95. The molecule has 2 aromatic rings. The Bertz CT molecular complexity index is 1750. The van der Waals surface area contributed by atoms with Crippen molar-refractivity contribution >= 4 is 11.6 Å². The summed E-state index contributed by atoms with van der Waals surface area (Å²) < 4.78 is 0. The van der Waals surface area contributed by atoms with Crippen molar-refractivity contribution in [3.63, 3.8) is 0 Å². The van der Waals surface area contributed by atoms with Crippen LogP contribution in [0.3, 0.4) is 0 Å². The molecule has 0 fully saturated rings. The van der Waals surface area contributed by atoms with Crippen molar-refractivity contribution in [1.82, 2.24) is 0 Å². The van der Waals surface area contributed by atoms with Crippen molar-refractivity contribution < 1.29 is 0 Å². The summed E-state index contributed by atoms with van der Waals surface area (Å²) in [5.41, 5.74) is 15.6. The highest BCUT2D eigenvalue weighted by molar-refractivity contribution is 5.91. The van der Waals surface area contributed by atoms with Gasteiger partial charge < -0.3 is 0 Å². The Kier molecular flexibility index (Phi) is 7.99. The van der Waals surface area contributed by atoms with Crippen molar-refractivity contribution in [3.05, 3.63) is 153 Å². The van der Waals surface area contributed by atoms with Gasteiger partial charge in [-0.2, -0.15) is 0 Å². The highest BCUT2D eigenvalue weighted by atomic mass is 14.5. The van der Waals surface area contributed by atoms with Crippen molar-refractivity contribution in [2.75, 3.05) is 0 Å². The van der Waals surface area contributed by atoms with E-state index in [4.69, 9.17) is 0 Å². The lowest BCUT2D eigenvalue weighted by Gasteiger charge is -2.39. The van der Waals surface area contributed by atoms with Crippen LogP contribution in [0, 0.1) is 11.8 Å². The highest BCUT2D eigenvalue weighted by Gasteiger charge is 2.51. The van der Waals surface area contributed by atoms with Crippen LogP contribution in [-0.4, -0.2) is 0 Å². The summed E-state index contributed by atoms with van der Waals surface area (Å²) in [4.78, 5) is 0. The smallest absolute Gasteiger partial charge is 0.0252 e.